The van der Waals surface area contributed by atoms with E-state index in [-0.39, 0.29) is 4.90 Å². The Kier molecular flexibility index (Phi) is 7.16. The summed E-state index contributed by atoms with van der Waals surface area (Å²) in [5.74, 6) is -0.646. The molecule has 1 amide bonds. The standard InChI is InChI=1S/C21H25N3O4S/c25-21(22-26)11-8-19-6-9-20(10-7-19)29(27,28)24-16-14-23(15-17-24)13-12-18-4-2-1-3-5-18/h1-11,26H,12-17H2,(H,22,25)/b11-8+. The van der Waals surface area contributed by atoms with Crippen molar-refractivity contribution in [1.82, 2.24) is 14.7 Å². The molecule has 0 unspecified atom stereocenters. The normalized spacial score (nSPS) is 16.2. The summed E-state index contributed by atoms with van der Waals surface area (Å²) in [6, 6.07) is 16.6. The minimum Gasteiger partial charge on any atom is -0.300 e. The fourth-order valence-corrected chi connectivity index (χ4v) is 4.66. The van der Waals surface area contributed by atoms with Crippen molar-refractivity contribution in [3.63, 3.8) is 0 Å². The lowest BCUT2D eigenvalue weighted by atomic mass is 10.1. The maximum atomic E-state index is 12.9. The van der Waals surface area contributed by atoms with Gasteiger partial charge in [-0.3, -0.25) is 10.0 Å². The Bertz CT molecular complexity index is 936. The summed E-state index contributed by atoms with van der Waals surface area (Å²) >= 11 is 0. The number of sulfonamides is 1. The topological polar surface area (TPSA) is 90.0 Å². The van der Waals surface area contributed by atoms with Crippen LogP contribution in [0.4, 0.5) is 0 Å². The fourth-order valence-electron chi connectivity index (χ4n) is 3.23. The van der Waals surface area contributed by atoms with Gasteiger partial charge in [0.15, 0.2) is 0 Å². The van der Waals surface area contributed by atoms with E-state index in [1.165, 1.54) is 33.6 Å². The van der Waals surface area contributed by atoms with E-state index >= 15 is 0 Å². The summed E-state index contributed by atoms with van der Waals surface area (Å²) in [6.45, 7) is 3.28. The van der Waals surface area contributed by atoms with Crippen molar-refractivity contribution in [3.05, 3.63) is 71.8 Å². The van der Waals surface area contributed by atoms with E-state index in [4.69, 9.17) is 5.21 Å². The van der Waals surface area contributed by atoms with Gasteiger partial charge in [0.05, 0.1) is 4.90 Å². The number of benzene rings is 2. The van der Waals surface area contributed by atoms with Gasteiger partial charge < -0.3 is 4.90 Å². The van der Waals surface area contributed by atoms with E-state index in [2.05, 4.69) is 17.0 Å². The number of hydroxylamine groups is 1. The number of piperazine rings is 1. The quantitative estimate of drug-likeness (QED) is 0.409. The van der Waals surface area contributed by atoms with Crippen LogP contribution >= 0.6 is 0 Å². The molecule has 2 N–H and O–H groups in total. The summed E-state index contributed by atoms with van der Waals surface area (Å²) in [7, 11) is -3.54. The zero-order valence-corrected chi connectivity index (χ0v) is 16.9. The Labute approximate surface area is 171 Å². The van der Waals surface area contributed by atoms with Crippen LogP contribution in [0.1, 0.15) is 11.1 Å². The van der Waals surface area contributed by atoms with Gasteiger partial charge in [-0.05, 0) is 35.8 Å². The van der Waals surface area contributed by atoms with Crippen LogP contribution in [0, 0.1) is 0 Å². The molecule has 1 saturated heterocycles. The van der Waals surface area contributed by atoms with E-state index < -0.39 is 15.9 Å². The largest absolute Gasteiger partial charge is 0.300 e. The minimum absolute atomic E-state index is 0.235. The Hall–Kier alpha value is -2.52. The predicted molar refractivity (Wildman–Crippen MR) is 111 cm³/mol. The molecule has 0 atom stereocenters. The molecule has 8 heteroatoms. The number of carbonyl (C=O) groups is 1. The second-order valence-corrected chi connectivity index (χ2v) is 8.80. The smallest absolute Gasteiger partial charge is 0.267 e. The van der Waals surface area contributed by atoms with E-state index in [1.807, 2.05) is 18.2 Å². The number of hydrogen-bond acceptors (Lipinski definition) is 5. The van der Waals surface area contributed by atoms with Crippen LogP contribution in [0.15, 0.2) is 65.6 Å². The van der Waals surface area contributed by atoms with Crippen LogP contribution in [0.3, 0.4) is 0 Å². The molecule has 29 heavy (non-hydrogen) atoms. The molecule has 0 bridgehead atoms. The number of carbonyl (C=O) groups excluding carboxylic acids is 1. The molecule has 3 rings (SSSR count). The molecular formula is C21H25N3O4S. The SMILES string of the molecule is O=C(/C=C/c1ccc(S(=O)(=O)N2CCN(CCc3ccccc3)CC2)cc1)NO. The lowest BCUT2D eigenvalue weighted by molar-refractivity contribution is -0.124. The second kappa shape index (κ2) is 9.80. The van der Waals surface area contributed by atoms with Crippen LogP contribution in [0.2, 0.25) is 0 Å². The molecular weight excluding hydrogens is 390 g/mol. The first-order valence-electron chi connectivity index (χ1n) is 9.48. The number of amides is 1. The molecule has 154 valence electrons. The average molecular weight is 416 g/mol. The van der Waals surface area contributed by atoms with Crippen molar-refractivity contribution in [2.45, 2.75) is 11.3 Å². The van der Waals surface area contributed by atoms with E-state index in [0.717, 1.165) is 19.0 Å². The third-order valence-electron chi connectivity index (χ3n) is 4.95. The third kappa shape index (κ3) is 5.74. The maximum absolute atomic E-state index is 12.9. The lowest BCUT2D eigenvalue weighted by Gasteiger charge is -2.34. The van der Waals surface area contributed by atoms with Crippen molar-refractivity contribution in [3.8, 4) is 0 Å². The summed E-state index contributed by atoms with van der Waals surface area (Å²) in [6.07, 6.45) is 3.61. The van der Waals surface area contributed by atoms with Crippen molar-refractivity contribution in [2.24, 2.45) is 0 Å². The maximum Gasteiger partial charge on any atom is 0.267 e. The zero-order valence-electron chi connectivity index (χ0n) is 16.1. The van der Waals surface area contributed by atoms with Crippen LogP contribution in [-0.4, -0.2) is 61.5 Å². The van der Waals surface area contributed by atoms with Gasteiger partial charge in [0, 0.05) is 38.8 Å². The van der Waals surface area contributed by atoms with Gasteiger partial charge >= 0.3 is 0 Å². The highest BCUT2D eigenvalue weighted by Crippen LogP contribution is 2.19. The van der Waals surface area contributed by atoms with E-state index in [0.29, 0.717) is 31.7 Å². The molecule has 0 radical (unpaired) electrons. The first-order chi connectivity index (χ1) is 14.0. The summed E-state index contributed by atoms with van der Waals surface area (Å²) in [5.41, 5.74) is 3.45. The molecule has 1 fully saturated rings. The summed E-state index contributed by atoms with van der Waals surface area (Å²) in [4.78, 5) is 13.5. The van der Waals surface area contributed by atoms with E-state index in [1.54, 1.807) is 12.1 Å². The van der Waals surface area contributed by atoms with Gasteiger partial charge in [-0.25, -0.2) is 13.9 Å². The van der Waals surface area contributed by atoms with Gasteiger partial charge in [0.2, 0.25) is 10.0 Å². The Balaban J connectivity index is 1.55. The highest BCUT2D eigenvalue weighted by molar-refractivity contribution is 7.89. The summed E-state index contributed by atoms with van der Waals surface area (Å²) < 4.78 is 27.3. The average Bonchev–Trinajstić information content (AvgIpc) is 2.77. The second-order valence-electron chi connectivity index (χ2n) is 6.86. The first-order valence-corrected chi connectivity index (χ1v) is 10.9. The molecule has 1 aliphatic heterocycles. The molecule has 1 aliphatic rings. The fraction of sp³-hybridized carbons (Fsp3) is 0.286. The minimum atomic E-state index is -3.54. The van der Waals surface area contributed by atoms with Crippen LogP contribution in [0.25, 0.3) is 6.08 Å². The van der Waals surface area contributed by atoms with Crippen LogP contribution < -0.4 is 5.48 Å². The van der Waals surface area contributed by atoms with Gasteiger partial charge in [0.25, 0.3) is 5.91 Å². The van der Waals surface area contributed by atoms with Crippen LogP contribution in [0.5, 0.6) is 0 Å². The molecule has 0 aromatic heterocycles. The van der Waals surface area contributed by atoms with Gasteiger partial charge in [-0.2, -0.15) is 4.31 Å². The first kappa shape index (κ1) is 21.2. The van der Waals surface area contributed by atoms with Crippen molar-refractivity contribution in [2.75, 3.05) is 32.7 Å². The van der Waals surface area contributed by atoms with Crippen LogP contribution in [-0.2, 0) is 21.2 Å². The number of nitrogens with one attached hydrogen (secondary N) is 1. The molecule has 0 spiro atoms. The molecule has 0 aliphatic carbocycles. The molecule has 1 heterocycles. The highest BCUT2D eigenvalue weighted by Gasteiger charge is 2.28. The van der Waals surface area contributed by atoms with Gasteiger partial charge in [-0.15, -0.1) is 0 Å². The van der Waals surface area contributed by atoms with E-state index in [9.17, 15) is 13.2 Å². The molecule has 2 aromatic carbocycles. The Morgan fingerprint density at radius 2 is 1.66 bits per heavy atom. The van der Waals surface area contributed by atoms with Crippen molar-refractivity contribution in [1.29, 1.82) is 0 Å². The number of nitrogens with zero attached hydrogens (tertiary/aromatic N) is 2. The summed E-state index contributed by atoms with van der Waals surface area (Å²) in [5, 5.41) is 8.48. The highest BCUT2D eigenvalue weighted by atomic mass is 32.2. The van der Waals surface area contributed by atoms with Gasteiger partial charge in [0.1, 0.15) is 0 Å². The van der Waals surface area contributed by atoms with Crippen molar-refractivity contribution >= 4 is 22.0 Å². The monoisotopic (exact) mass is 415 g/mol. The molecule has 2 aromatic rings. The lowest BCUT2D eigenvalue weighted by Crippen LogP contribution is -2.48. The van der Waals surface area contributed by atoms with Gasteiger partial charge in [-0.1, -0.05) is 42.5 Å². The Morgan fingerprint density at radius 3 is 2.28 bits per heavy atom. The molecule has 0 saturated carbocycles. The number of rotatable bonds is 7. The number of hydrogen-bond donors (Lipinski definition) is 2. The third-order valence-corrected chi connectivity index (χ3v) is 6.86. The van der Waals surface area contributed by atoms with Crippen molar-refractivity contribution < 1.29 is 18.4 Å². The zero-order chi connectivity index (χ0) is 20.7. The Morgan fingerprint density at radius 1 is 1.00 bits per heavy atom. The molecule has 7 nitrogen and oxygen atoms in total. The predicted octanol–water partition coefficient (Wildman–Crippen LogP) is 1.75.